The number of primary amides is 1. The molecule has 0 radical (unpaired) electrons. The molecule has 138 valence electrons. The van der Waals surface area contributed by atoms with Crippen molar-refractivity contribution in [1.82, 2.24) is 9.97 Å². The van der Waals surface area contributed by atoms with E-state index < -0.39 is 5.91 Å². The van der Waals surface area contributed by atoms with Gasteiger partial charge < -0.3 is 11.1 Å². The topological polar surface area (TPSA) is 80.9 Å². The number of nitrogens with two attached hydrogens (primary N) is 1. The molecular formula is C20H32N4O. The number of aromatic nitrogens is 2. The van der Waals surface area contributed by atoms with Gasteiger partial charge in [0.05, 0.1) is 11.3 Å². The van der Waals surface area contributed by atoms with Crippen molar-refractivity contribution >= 4 is 11.9 Å². The number of nitrogens with one attached hydrogen (secondary N) is 1. The molecule has 1 aromatic heterocycles. The van der Waals surface area contributed by atoms with Crippen LogP contribution in [0.4, 0.5) is 5.95 Å². The summed E-state index contributed by atoms with van der Waals surface area (Å²) in [6.07, 6.45) is 13.4. The normalized spacial score (nSPS) is 25.7. The number of anilines is 1. The second kappa shape index (κ2) is 7.71. The fourth-order valence-electron chi connectivity index (χ4n) is 4.55. The van der Waals surface area contributed by atoms with Gasteiger partial charge in [-0.15, -0.1) is 0 Å². The highest BCUT2D eigenvalue weighted by Gasteiger charge is 2.34. The number of carbonyl (C=O) groups excluding carboxylic acids is 1. The lowest BCUT2D eigenvalue weighted by atomic mass is 9.78. The Hall–Kier alpha value is -1.65. The predicted octanol–water partition coefficient (Wildman–Crippen LogP) is 4.08. The summed E-state index contributed by atoms with van der Waals surface area (Å²) in [6.45, 7) is 4.57. The third-order valence-electron chi connectivity index (χ3n) is 6.44. The van der Waals surface area contributed by atoms with E-state index in [0.29, 0.717) is 17.6 Å². The van der Waals surface area contributed by atoms with Crippen LogP contribution >= 0.6 is 0 Å². The Morgan fingerprint density at radius 2 is 1.96 bits per heavy atom. The standard InChI is InChI=1S/C20H32N4O/c1-3-20(10-4-5-11-20)12-17-16(18(21)25)13-22-19(24-17)23-15-8-6-14(2)7-9-15/h13-15H,3-12H2,1-2H3,(H2,21,25)(H,22,23,24). The maximum Gasteiger partial charge on any atom is 0.252 e. The maximum atomic E-state index is 11.8. The van der Waals surface area contributed by atoms with Gasteiger partial charge in [0, 0.05) is 12.2 Å². The van der Waals surface area contributed by atoms with E-state index in [-0.39, 0.29) is 5.41 Å². The molecule has 0 saturated heterocycles. The fraction of sp³-hybridized carbons (Fsp3) is 0.750. The third-order valence-corrected chi connectivity index (χ3v) is 6.44. The number of hydrogen-bond acceptors (Lipinski definition) is 4. The van der Waals surface area contributed by atoms with Gasteiger partial charge in [-0.3, -0.25) is 4.79 Å². The molecule has 3 N–H and O–H groups in total. The Labute approximate surface area is 151 Å². The molecule has 1 heterocycles. The minimum atomic E-state index is -0.419. The summed E-state index contributed by atoms with van der Waals surface area (Å²) in [4.78, 5) is 21.0. The van der Waals surface area contributed by atoms with Gasteiger partial charge in [0.25, 0.3) is 5.91 Å². The van der Waals surface area contributed by atoms with Crippen molar-refractivity contribution in [2.75, 3.05) is 5.32 Å². The smallest absolute Gasteiger partial charge is 0.252 e. The average Bonchev–Trinajstić information content (AvgIpc) is 3.06. The second-order valence-electron chi connectivity index (χ2n) is 8.26. The van der Waals surface area contributed by atoms with E-state index in [0.717, 1.165) is 37.3 Å². The minimum absolute atomic E-state index is 0.274. The van der Waals surface area contributed by atoms with Crippen LogP contribution in [0.2, 0.25) is 0 Å². The van der Waals surface area contributed by atoms with Crippen LogP contribution in [0, 0.1) is 11.3 Å². The van der Waals surface area contributed by atoms with E-state index in [4.69, 9.17) is 10.7 Å². The molecule has 0 spiro atoms. The summed E-state index contributed by atoms with van der Waals surface area (Å²) < 4.78 is 0. The van der Waals surface area contributed by atoms with Crippen molar-refractivity contribution in [2.24, 2.45) is 17.1 Å². The zero-order chi connectivity index (χ0) is 17.9. The molecule has 0 aromatic carbocycles. The Kier molecular flexibility index (Phi) is 5.60. The molecule has 0 atom stereocenters. The van der Waals surface area contributed by atoms with Crippen LogP contribution < -0.4 is 11.1 Å². The predicted molar refractivity (Wildman–Crippen MR) is 100 cm³/mol. The van der Waals surface area contributed by atoms with Crippen molar-refractivity contribution in [3.8, 4) is 0 Å². The Morgan fingerprint density at radius 3 is 2.56 bits per heavy atom. The number of rotatable bonds is 6. The molecule has 3 rings (SSSR count). The summed E-state index contributed by atoms with van der Waals surface area (Å²) in [6, 6.07) is 0.440. The van der Waals surface area contributed by atoms with E-state index in [1.165, 1.54) is 38.5 Å². The number of hydrogen-bond donors (Lipinski definition) is 2. The van der Waals surface area contributed by atoms with Gasteiger partial charge in [-0.1, -0.05) is 33.1 Å². The first kappa shape index (κ1) is 18.2. The highest BCUT2D eigenvalue weighted by Crippen LogP contribution is 2.43. The Bertz CT molecular complexity index is 602. The van der Waals surface area contributed by atoms with Gasteiger partial charge in [0.2, 0.25) is 5.95 Å². The Balaban J connectivity index is 1.78. The molecule has 0 bridgehead atoms. The van der Waals surface area contributed by atoms with Crippen LogP contribution in [0.15, 0.2) is 6.20 Å². The van der Waals surface area contributed by atoms with Gasteiger partial charge >= 0.3 is 0 Å². The van der Waals surface area contributed by atoms with Gasteiger partial charge in [-0.2, -0.15) is 0 Å². The average molecular weight is 345 g/mol. The summed E-state index contributed by atoms with van der Waals surface area (Å²) >= 11 is 0. The zero-order valence-corrected chi connectivity index (χ0v) is 15.7. The minimum Gasteiger partial charge on any atom is -0.365 e. The van der Waals surface area contributed by atoms with Crippen molar-refractivity contribution in [3.63, 3.8) is 0 Å². The van der Waals surface area contributed by atoms with Crippen LogP contribution in [0.25, 0.3) is 0 Å². The van der Waals surface area contributed by atoms with Gasteiger partial charge in [0.1, 0.15) is 0 Å². The van der Waals surface area contributed by atoms with E-state index in [1.807, 2.05) is 0 Å². The number of amides is 1. The zero-order valence-electron chi connectivity index (χ0n) is 15.7. The van der Waals surface area contributed by atoms with Crippen molar-refractivity contribution in [3.05, 3.63) is 17.5 Å². The molecular weight excluding hydrogens is 312 g/mol. The van der Waals surface area contributed by atoms with Gasteiger partial charge in [-0.05, 0) is 56.3 Å². The lowest BCUT2D eigenvalue weighted by Crippen LogP contribution is -2.28. The highest BCUT2D eigenvalue weighted by atomic mass is 16.1. The monoisotopic (exact) mass is 344 g/mol. The molecule has 25 heavy (non-hydrogen) atoms. The van der Waals surface area contributed by atoms with Crippen molar-refractivity contribution < 1.29 is 4.79 Å². The lowest BCUT2D eigenvalue weighted by Gasteiger charge is -2.29. The van der Waals surface area contributed by atoms with Crippen LogP contribution in [0.5, 0.6) is 0 Å². The first-order chi connectivity index (χ1) is 12.0. The van der Waals surface area contributed by atoms with E-state index in [9.17, 15) is 4.79 Å². The van der Waals surface area contributed by atoms with Crippen molar-refractivity contribution in [2.45, 2.75) is 84.1 Å². The first-order valence-electron chi connectivity index (χ1n) is 9.93. The van der Waals surface area contributed by atoms with Gasteiger partial charge in [-0.25, -0.2) is 9.97 Å². The molecule has 0 aliphatic heterocycles. The Morgan fingerprint density at radius 1 is 1.28 bits per heavy atom. The number of carbonyl (C=O) groups is 1. The maximum absolute atomic E-state index is 11.8. The van der Waals surface area contributed by atoms with Crippen LogP contribution in [-0.4, -0.2) is 21.9 Å². The molecule has 1 amide bonds. The van der Waals surface area contributed by atoms with Crippen LogP contribution in [0.1, 0.15) is 87.7 Å². The molecule has 5 heteroatoms. The third kappa shape index (κ3) is 4.31. The molecule has 2 aliphatic rings. The molecule has 2 fully saturated rings. The molecule has 2 aliphatic carbocycles. The summed E-state index contributed by atoms with van der Waals surface area (Å²) in [5.74, 6) is 1.06. The lowest BCUT2D eigenvalue weighted by molar-refractivity contribution is 0.0997. The molecule has 2 saturated carbocycles. The largest absolute Gasteiger partial charge is 0.365 e. The van der Waals surface area contributed by atoms with Crippen LogP contribution in [-0.2, 0) is 6.42 Å². The molecule has 5 nitrogen and oxygen atoms in total. The van der Waals surface area contributed by atoms with Gasteiger partial charge in [0.15, 0.2) is 0 Å². The summed E-state index contributed by atoms with van der Waals surface area (Å²) in [5, 5.41) is 3.49. The molecule has 1 aromatic rings. The fourth-order valence-corrected chi connectivity index (χ4v) is 4.55. The summed E-state index contributed by atoms with van der Waals surface area (Å²) in [7, 11) is 0. The van der Waals surface area contributed by atoms with E-state index in [1.54, 1.807) is 6.20 Å². The van der Waals surface area contributed by atoms with E-state index >= 15 is 0 Å². The quantitative estimate of drug-likeness (QED) is 0.815. The summed E-state index contributed by atoms with van der Waals surface area (Å²) in [5.41, 5.74) is 7.18. The van der Waals surface area contributed by atoms with E-state index in [2.05, 4.69) is 24.1 Å². The van der Waals surface area contributed by atoms with Crippen LogP contribution in [0.3, 0.4) is 0 Å². The molecule has 0 unspecified atom stereocenters. The SMILES string of the molecule is CCC1(Cc2nc(NC3CCC(C)CC3)ncc2C(N)=O)CCCC1. The van der Waals surface area contributed by atoms with Crippen molar-refractivity contribution in [1.29, 1.82) is 0 Å². The first-order valence-corrected chi connectivity index (χ1v) is 9.93. The number of nitrogens with zero attached hydrogens (tertiary/aromatic N) is 2. The highest BCUT2D eigenvalue weighted by molar-refractivity contribution is 5.93. The second-order valence-corrected chi connectivity index (χ2v) is 8.26.